The summed E-state index contributed by atoms with van der Waals surface area (Å²) in [5.74, 6) is -0.559. The molecule has 0 unspecified atom stereocenters. The Morgan fingerprint density at radius 1 is 0.968 bits per heavy atom. The van der Waals surface area contributed by atoms with Gasteiger partial charge in [0, 0.05) is 33.0 Å². The van der Waals surface area contributed by atoms with E-state index in [1.165, 1.54) is 0 Å². The van der Waals surface area contributed by atoms with Crippen molar-refractivity contribution >= 4 is 34.9 Å². The van der Waals surface area contributed by atoms with E-state index in [0.717, 1.165) is 0 Å². The third kappa shape index (κ3) is 7.00. The smallest absolute Gasteiger partial charge is 0.279 e. The monoisotopic (exact) mass is 432 g/mol. The summed E-state index contributed by atoms with van der Waals surface area (Å²) in [6, 6.07) is 3.18. The molecule has 11 nitrogen and oxygen atoms in total. The Labute approximate surface area is 181 Å². The molecule has 0 saturated carbocycles. The molecule has 11 heteroatoms. The number of likely N-dealkylation sites (N-methyl/N-ethyl adjacent to an activating group) is 1. The van der Waals surface area contributed by atoms with Gasteiger partial charge < -0.3 is 29.6 Å². The van der Waals surface area contributed by atoms with Crippen LogP contribution in [0, 0.1) is 0 Å². The molecule has 0 radical (unpaired) electrons. The molecule has 168 valence electrons. The highest BCUT2D eigenvalue weighted by molar-refractivity contribution is 6.05. The molecular weight excluding hydrogens is 400 g/mol. The van der Waals surface area contributed by atoms with Gasteiger partial charge in [-0.15, -0.1) is 0 Å². The largest absolute Gasteiger partial charge is 0.350 e. The van der Waals surface area contributed by atoms with Crippen molar-refractivity contribution in [2.45, 2.75) is 6.42 Å². The fourth-order valence-electron chi connectivity index (χ4n) is 2.95. The van der Waals surface area contributed by atoms with E-state index in [-0.39, 0.29) is 23.6 Å². The number of nitrogens with two attached hydrogens (primary N) is 2. The van der Waals surface area contributed by atoms with Crippen LogP contribution in [0.1, 0.15) is 27.4 Å². The predicted octanol–water partition coefficient (Wildman–Crippen LogP) is -1.50. The van der Waals surface area contributed by atoms with Gasteiger partial charge in [-0.05, 0) is 12.1 Å². The number of carbonyl (C=O) groups excluding carboxylic acids is 3. The number of aryl methyl sites for hydroxylation is 2. The summed E-state index contributed by atoms with van der Waals surface area (Å²) in [4.78, 5) is 37.1. The molecule has 7 N–H and O–H groups in total. The quantitative estimate of drug-likeness (QED) is 0.186. The number of anilines is 2. The normalized spacial score (nSPS) is 11.1. The first-order valence-electron chi connectivity index (χ1n) is 9.75. The third-order valence-corrected chi connectivity index (χ3v) is 4.33. The lowest BCUT2D eigenvalue weighted by Gasteiger charge is -2.22. The first-order chi connectivity index (χ1) is 14.4. The van der Waals surface area contributed by atoms with Crippen LogP contribution in [0.3, 0.4) is 0 Å². The number of hydrogen-bond donors (Lipinski definition) is 5. The standard InChI is InChI=1S/C20H30N8O3/c1-26-11-14(9-15(26)19(30)23-7-6-17(21)22)25-20(31)16-8-13(10-27(16)2)24-18(29)12-28(3,4)5/h8-11H,6-7,12H2,1-5H3,(H5-,21,22,23,24,25,29,30,31)/p+2. The van der Waals surface area contributed by atoms with Crippen molar-refractivity contribution in [3.05, 3.63) is 35.9 Å². The summed E-state index contributed by atoms with van der Waals surface area (Å²) in [7, 11) is 9.18. The minimum absolute atomic E-state index is 0.141. The molecule has 0 aliphatic carbocycles. The summed E-state index contributed by atoms with van der Waals surface area (Å²) in [6.07, 6.45) is 3.69. The summed E-state index contributed by atoms with van der Waals surface area (Å²) in [5.41, 5.74) is 7.15. The molecule has 0 aliphatic heterocycles. The van der Waals surface area contributed by atoms with Crippen LogP contribution in [0.4, 0.5) is 11.4 Å². The Balaban J connectivity index is 2.04. The molecule has 0 bridgehead atoms. The second-order valence-electron chi connectivity index (χ2n) is 8.48. The Bertz CT molecular complexity index is 997. The maximum absolute atomic E-state index is 12.7. The minimum Gasteiger partial charge on any atom is -0.350 e. The van der Waals surface area contributed by atoms with Crippen LogP contribution < -0.4 is 27.1 Å². The zero-order valence-electron chi connectivity index (χ0n) is 18.7. The maximum atomic E-state index is 12.7. The molecule has 0 aliphatic rings. The van der Waals surface area contributed by atoms with Crippen molar-refractivity contribution in [2.75, 3.05) is 44.9 Å². The number of carbonyl (C=O) groups is 3. The van der Waals surface area contributed by atoms with Gasteiger partial charge in [0.1, 0.15) is 11.4 Å². The lowest BCUT2D eigenvalue weighted by Crippen LogP contribution is -2.47. The van der Waals surface area contributed by atoms with E-state index in [0.29, 0.717) is 46.8 Å². The maximum Gasteiger partial charge on any atom is 0.279 e. The van der Waals surface area contributed by atoms with Crippen LogP contribution in [-0.2, 0) is 18.9 Å². The van der Waals surface area contributed by atoms with Crippen molar-refractivity contribution in [3.8, 4) is 0 Å². The SMILES string of the molecule is Cn1cc(NC(=O)c2cc(NC(=O)C[N+](C)(C)C)cn2C)cc1C(=O)NCCC(N)=[NH2+]. The van der Waals surface area contributed by atoms with Gasteiger partial charge in [-0.1, -0.05) is 0 Å². The molecule has 0 atom stereocenters. The zero-order valence-corrected chi connectivity index (χ0v) is 18.7. The summed E-state index contributed by atoms with van der Waals surface area (Å²) >= 11 is 0. The molecule has 31 heavy (non-hydrogen) atoms. The number of quaternary nitrogens is 1. The van der Waals surface area contributed by atoms with Gasteiger partial charge in [0.2, 0.25) is 5.84 Å². The van der Waals surface area contributed by atoms with Gasteiger partial charge in [0.25, 0.3) is 17.7 Å². The second-order valence-corrected chi connectivity index (χ2v) is 8.48. The second kappa shape index (κ2) is 9.47. The number of hydrogen-bond acceptors (Lipinski definition) is 3. The molecule has 0 saturated heterocycles. The Kier molecular flexibility index (Phi) is 7.24. The van der Waals surface area contributed by atoms with E-state index in [4.69, 9.17) is 11.1 Å². The Morgan fingerprint density at radius 3 is 2.00 bits per heavy atom. The van der Waals surface area contributed by atoms with Gasteiger partial charge in [0.15, 0.2) is 6.54 Å². The van der Waals surface area contributed by atoms with Crippen LogP contribution in [0.25, 0.3) is 0 Å². The number of nitrogens with zero attached hydrogens (tertiary/aromatic N) is 3. The van der Waals surface area contributed by atoms with Gasteiger partial charge in [-0.3, -0.25) is 25.5 Å². The van der Waals surface area contributed by atoms with Crippen LogP contribution >= 0.6 is 0 Å². The minimum atomic E-state index is -0.363. The molecule has 2 rings (SSSR count). The molecule has 3 amide bonds. The fourth-order valence-corrected chi connectivity index (χ4v) is 2.95. The summed E-state index contributed by atoms with van der Waals surface area (Å²) in [5, 5.41) is 13.7. The average molecular weight is 433 g/mol. The van der Waals surface area contributed by atoms with Crippen molar-refractivity contribution < 1.29 is 24.3 Å². The van der Waals surface area contributed by atoms with Gasteiger partial charge in [-0.2, -0.15) is 0 Å². The number of amides is 3. The Morgan fingerprint density at radius 2 is 1.48 bits per heavy atom. The van der Waals surface area contributed by atoms with Gasteiger partial charge in [-0.25, -0.2) is 0 Å². The molecule has 2 aromatic rings. The van der Waals surface area contributed by atoms with Crippen LogP contribution in [0.5, 0.6) is 0 Å². The van der Waals surface area contributed by atoms with E-state index in [1.54, 1.807) is 47.8 Å². The van der Waals surface area contributed by atoms with Crippen molar-refractivity contribution in [1.29, 1.82) is 0 Å². The fraction of sp³-hybridized carbons (Fsp3) is 0.400. The predicted molar refractivity (Wildman–Crippen MR) is 118 cm³/mol. The van der Waals surface area contributed by atoms with Crippen molar-refractivity contribution in [2.24, 2.45) is 19.8 Å². The molecule has 0 spiro atoms. The highest BCUT2D eigenvalue weighted by Gasteiger charge is 2.19. The van der Waals surface area contributed by atoms with E-state index in [1.807, 2.05) is 21.1 Å². The third-order valence-electron chi connectivity index (χ3n) is 4.33. The molecular formula is C20H32N8O3+2. The van der Waals surface area contributed by atoms with Crippen molar-refractivity contribution in [1.82, 2.24) is 14.5 Å². The van der Waals surface area contributed by atoms with Crippen LogP contribution in [-0.4, -0.2) is 71.4 Å². The molecule has 0 aromatic carbocycles. The van der Waals surface area contributed by atoms with Gasteiger partial charge >= 0.3 is 0 Å². The van der Waals surface area contributed by atoms with E-state index >= 15 is 0 Å². The highest BCUT2D eigenvalue weighted by Crippen LogP contribution is 2.17. The van der Waals surface area contributed by atoms with Crippen LogP contribution in [0.15, 0.2) is 24.5 Å². The first-order valence-corrected chi connectivity index (χ1v) is 9.75. The number of amidine groups is 1. The van der Waals surface area contributed by atoms with E-state index in [9.17, 15) is 14.4 Å². The van der Waals surface area contributed by atoms with E-state index < -0.39 is 0 Å². The van der Waals surface area contributed by atoms with Crippen LogP contribution in [0.2, 0.25) is 0 Å². The summed E-state index contributed by atoms with van der Waals surface area (Å²) < 4.78 is 3.73. The highest BCUT2D eigenvalue weighted by atomic mass is 16.2. The van der Waals surface area contributed by atoms with E-state index in [2.05, 4.69) is 16.0 Å². The van der Waals surface area contributed by atoms with Crippen molar-refractivity contribution in [3.63, 3.8) is 0 Å². The lowest BCUT2D eigenvalue weighted by atomic mass is 10.3. The number of aromatic nitrogens is 2. The molecule has 2 heterocycles. The molecule has 2 aromatic heterocycles. The Hall–Kier alpha value is -3.60. The average Bonchev–Trinajstić information content (AvgIpc) is 3.14. The number of rotatable bonds is 9. The molecule has 0 fully saturated rings. The summed E-state index contributed by atoms with van der Waals surface area (Å²) in [6.45, 7) is 0.626. The van der Waals surface area contributed by atoms with Gasteiger partial charge in [0.05, 0.1) is 38.9 Å². The first kappa shape index (κ1) is 23.7. The topological polar surface area (TPSA) is 149 Å². The zero-order chi connectivity index (χ0) is 23.3. The lowest BCUT2D eigenvalue weighted by molar-refractivity contribution is -0.861. The number of nitrogens with one attached hydrogen (secondary N) is 3.